The molecule has 11 nitrogen and oxygen atoms in total. The predicted molar refractivity (Wildman–Crippen MR) is 111 cm³/mol. The number of benzene rings is 1. The number of nitrogens with zero attached hydrogens (tertiary/aromatic N) is 6. The van der Waals surface area contributed by atoms with Gasteiger partial charge < -0.3 is 14.4 Å². The third-order valence-corrected chi connectivity index (χ3v) is 5.03. The molecule has 0 unspecified atom stereocenters. The van der Waals surface area contributed by atoms with Crippen LogP contribution in [-0.4, -0.2) is 34.7 Å². The van der Waals surface area contributed by atoms with Gasteiger partial charge in [-0.2, -0.15) is 4.98 Å². The summed E-state index contributed by atoms with van der Waals surface area (Å²) in [4.78, 5) is 45.6. The molecule has 0 aliphatic carbocycles. The molecule has 31 heavy (non-hydrogen) atoms. The molecule has 3 aromatic heterocycles. The zero-order valence-corrected chi connectivity index (χ0v) is 17.5. The molecule has 1 amide bonds. The first-order chi connectivity index (χ1) is 14.8. The topological polar surface area (TPSA) is 130 Å². The molecule has 0 spiro atoms. The highest BCUT2D eigenvalue weighted by atomic mass is 16.5. The molecule has 0 fully saturated rings. The lowest BCUT2D eigenvalue weighted by Crippen LogP contribution is -2.38. The van der Waals surface area contributed by atoms with Crippen LogP contribution >= 0.6 is 0 Å². The van der Waals surface area contributed by atoms with Gasteiger partial charge in [0.2, 0.25) is 17.6 Å². The van der Waals surface area contributed by atoms with Crippen LogP contribution in [0.3, 0.4) is 0 Å². The van der Waals surface area contributed by atoms with Gasteiger partial charge in [0.1, 0.15) is 12.6 Å². The Morgan fingerprint density at radius 2 is 1.87 bits per heavy atom. The SMILES string of the molecule is Cc1ccc(-c2noc([C@H](C)NC(=O)Cn3cnc4c3c(=O)n(C)c(=O)n4C)n2)cc1. The molecule has 4 aromatic rings. The maximum absolute atomic E-state index is 12.6. The van der Waals surface area contributed by atoms with Crippen LogP contribution in [0.4, 0.5) is 0 Å². The lowest BCUT2D eigenvalue weighted by Gasteiger charge is -2.11. The van der Waals surface area contributed by atoms with Crippen molar-refractivity contribution in [1.29, 1.82) is 0 Å². The monoisotopic (exact) mass is 423 g/mol. The molecule has 4 rings (SSSR count). The molecule has 11 heteroatoms. The van der Waals surface area contributed by atoms with Gasteiger partial charge in [0.15, 0.2) is 11.2 Å². The third kappa shape index (κ3) is 3.65. The second-order valence-corrected chi connectivity index (χ2v) is 7.36. The number of aromatic nitrogens is 6. The Hall–Kier alpha value is -4.02. The van der Waals surface area contributed by atoms with Gasteiger partial charge in [-0.1, -0.05) is 35.0 Å². The van der Waals surface area contributed by atoms with Crippen LogP contribution in [0, 0.1) is 6.92 Å². The Morgan fingerprint density at radius 1 is 1.16 bits per heavy atom. The Morgan fingerprint density at radius 3 is 2.58 bits per heavy atom. The first-order valence-electron chi connectivity index (χ1n) is 9.57. The molecule has 0 bridgehead atoms. The minimum atomic E-state index is -0.541. The maximum Gasteiger partial charge on any atom is 0.332 e. The molecular weight excluding hydrogens is 402 g/mol. The van der Waals surface area contributed by atoms with Crippen LogP contribution in [0.15, 0.2) is 44.7 Å². The lowest BCUT2D eigenvalue weighted by molar-refractivity contribution is -0.122. The number of imidazole rings is 1. The van der Waals surface area contributed by atoms with Gasteiger partial charge in [-0.05, 0) is 13.8 Å². The highest BCUT2D eigenvalue weighted by molar-refractivity contribution is 5.79. The van der Waals surface area contributed by atoms with E-state index in [-0.39, 0.29) is 29.5 Å². The predicted octanol–water partition coefficient (Wildman–Crippen LogP) is 0.670. The molecule has 0 saturated heterocycles. The Balaban J connectivity index is 1.51. The van der Waals surface area contributed by atoms with E-state index < -0.39 is 17.3 Å². The molecule has 0 radical (unpaired) electrons. The summed E-state index contributed by atoms with van der Waals surface area (Å²) in [7, 11) is 2.90. The van der Waals surface area contributed by atoms with E-state index in [1.165, 1.54) is 29.6 Å². The lowest BCUT2D eigenvalue weighted by atomic mass is 10.1. The number of hydrogen-bond acceptors (Lipinski definition) is 7. The standard InChI is InChI=1S/C20H21N7O4/c1-11-5-7-13(8-6-11)16-23-18(31-24-16)12(2)22-14(28)9-27-10-21-17-15(27)19(29)26(4)20(30)25(17)3/h5-8,10,12H,9H2,1-4H3,(H,22,28)/t12-/m0/s1. The van der Waals surface area contributed by atoms with E-state index in [0.29, 0.717) is 5.82 Å². The second-order valence-electron chi connectivity index (χ2n) is 7.36. The van der Waals surface area contributed by atoms with E-state index in [4.69, 9.17) is 4.52 Å². The first kappa shape index (κ1) is 20.3. The smallest absolute Gasteiger partial charge is 0.332 e. The fraction of sp³-hybridized carbons (Fsp3) is 0.300. The minimum absolute atomic E-state index is 0.159. The summed E-state index contributed by atoms with van der Waals surface area (Å²) >= 11 is 0. The van der Waals surface area contributed by atoms with E-state index in [1.54, 1.807) is 6.92 Å². The molecule has 1 aromatic carbocycles. The van der Waals surface area contributed by atoms with Crippen molar-refractivity contribution in [2.45, 2.75) is 26.4 Å². The van der Waals surface area contributed by atoms with Crippen molar-refractivity contribution in [2.75, 3.05) is 0 Å². The van der Waals surface area contributed by atoms with Crippen LogP contribution in [-0.2, 0) is 25.4 Å². The van der Waals surface area contributed by atoms with Gasteiger partial charge >= 0.3 is 5.69 Å². The van der Waals surface area contributed by atoms with Gasteiger partial charge in [0.25, 0.3) is 5.56 Å². The number of carbonyl (C=O) groups excluding carboxylic acids is 1. The third-order valence-electron chi connectivity index (χ3n) is 5.03. The summed E-state index contributed by atoms with van der Waals surface area (Å²) in [6, 6.07) is 7.15. The molecule has 0 aliphatic rings. The van der Waals surface area contributed by atoms with Gasteiger partial charge in [-0.15, -0.1) is 0 Å². The van der Waals surface area contributed by atoms with Crippen LogP contribution in [0.25, 0.3) is 22.6 Å². The Bertz CT molecular complexity index is 1390. The van der Waals surface area contributed by atoms with Gasteiger partial charge in [-0.3, -0.25) is 18.7 Å². The van der Waals surface area contributed by atoms with Crippen LogP contribution in [0.2, 0.25) is 0 Å². The molecule has 1 atom stereocenters. The van der Waals surface area contributed by atoms with Crippen LogP contribution in [0.1, 0.15) is 24.4 Å². The van der Waals surface area contributed by atoms with Crippen molar-refractivity contribution >= 4 is 17.1 Å². The number of aryl methyl sites for hydroxylation is 2. The van der Waals surface area contributed by atoms with E-state index in [0.717, 1.165) is 15.7 Å². The van der Waals surface area contributed by atoms with Crippen molar-refractivity contribution in [2.24, 2.45) is 14.1 Å². The van der Waals surface area contributed by atoms with Crippen molar-refractivity contribution in [3.05, 3.63) is 62.9 Å². The van der Waals surface area contributed by atoms with Crippen LogP contribution < -0.4 is 16.6 Å². The summed E-state index contributed by atoms with van der Waals surface area (Å²) in [5.41, 5.74) is 1.32. The van der Waals surface area contributed by atoms with E-state index in [9.17, 15) is 14.4 Å². The number of nitrogens with one attached hydrogen (secondary N) is 1. The van der Waals surface area contributed by atoms with Crippen molar-refractivity contribution in [3.8, 4) is 11.4 Å². The average Bonchev–Trinajstić information content (AvgIpc) is 3.39. The molecular formula is C20H21N7O4. The quantitative estimate of drug-likeness (QED) is 0.499. The highest BCUT2D eigenvalue weighted by Crippen LogP contribution is 2.19. The van der Waals surface area contributed by atoms with Crippen molar-refractivity contribution in [1.82, 2.24) is 34.1 Å². The zero-order chi connectivity index (χ0) is 22.3. The summed E-state index contributed by atoms with van der Waals surface area (Å²) in [6.45, 7) is 3.55. The number of hydrogen-bond donors (Lipinski definition) is 1. The number of rotatable bonds is 5. The summed E-state index contributed by atoms with van der Waals surface area (Å²) < 4.78 is 8.94. The number of amides is 1. The molecule has 160 valence electrons. The number of carbonyl (C=O) groups is 1. The normalized spacial score (nSPS) is 12.3. The largest absolute Gasteiger partial charge is 0.343 e. The van der Waals surface area contributed by atoms with E-state index >= 15 is 0 Å². The Kier molecular flexibility index (Phi) is 5.01. The Labute approximate surface area is 175 Å². The van der Waals surface area contributed by atoms with Gasteiger partial charge in [-0.25, -0.2) is 9.78 Å². The molecule has 1 N–H and O–H groups in total. The van der Waals surface area contributed by atoms with E-state index in [1.807, 2.05) is 31.2 Å². The fourth-order valence-electron chi connectivity index (χ4n) is 3.25. The van der Waals surface area contributed by atoms with Gasteiger partial charge in [0.05, 0.1) is 6.33 Å². The van der Waals surface area contributed by atoms with Crippen LogP contribution in [0.5, 0.6) is 0 Å². The first-order valence-corrected chi connectivity index (χ1v) is 9.57. The second kappa shape index (κ2) is 7.67. The molecule has 0 saturated carbocycles. The minimum Gasteiger partial charge on any atom is -0.343 e. The fourth-order valence-corrected chi connectivity index (χ4v) is 3.25. The van der Waals surface area contributed by atoms with E-state index in [2.05, 4.69) is 20.4 Å². The van der Waals surface area contributed by atoms with Crippen molar-refractivity contribution < 1.29 is 9.32 Å². The molecule has 0 aliphatic heterocycles. The molecule has 3 heterocycles. The summed E-state index contributed by atoms with van der Waals surface area (Å²) in [5, 5.41) is 6.74. The van der Waals surface area contributed by atoms with Gasteiger partial charge in [0, 0.05) is 19.7 Å². The maximum atomic E-state index is 12.6. The zero-order valence-electron chi connectivity index (χ0n) is 17.5. The summed E-state index contributed by atoms with van der Waals surface area (Å²) in [5.74, 6) is 0.316. The average molecular weight is 423 g/mol. The number of fused-ring (bicyclic) bond motifs is 1. The highest BCUT2D eigenvalue weighted by Gasteiger charge is 2.20. The summed E-state index contributed by atoms with van der Waals surface area (Å²) in [6.07, 6.45) is 1.36. The van der Waals surface area contributed by atoms with Crippen molar-refractivity contribution in [3.63, 3.8) is 0 Å².